The van der Waals surface area contributed by atoms with Crippen molar-refractivity contribution in [3.05, 3.63) is 0 Å². The van der Waals surface area contributed by atoms with Crippen LogP contribution in [-0.4, -0.2) is 24.8 Å². The molecule has 2 nitrogen and oxygen atoms in total. The molecule has 1 aliphatic heterocycles. The van der Waals surface area contributed by atoms with Crippen LogP contribution in [0, 0.1) is 5.92 Å². The molecule has 14 heavy (non-hydrogen) atoms. The highest BCUT2D eigenvalue weighted by Gasteiger charge is 2.37. The van der Waals surface area contributed by atoms with Crippen LogP contribution >= 0.6 is 0 Å². The highest BCUT2D eigenvalue weighted by Crippen LogP contribution is 2.34. The van der Waals surface area contributed by atoms with Gasteiger partial charge in [0.15, 0.2) is 0 Å². The first kappa shape index (κ1) is 10.4. The second-order valence-corrected chi connectivity index (χ2v) is 5.26. The Hall–Kier alpha value is -0.0800. The Balaban J connectivity index is 1.93. The molecule has 0 radical (unpaired) electrons. The number of hydrogen-bond donors (Lipinski definition) is 1. The summed E-state index contributed by atoms with van der Waals surface area (Å²) in [4.78, 5) is 0. The molecule has 1 saturated carbocycles. The van der Waals surface area contributed by atoms with Gasteiger partial charge in [-0.1, -0.05) is 26.7 Å². The van der Waals surface area contributed by atoms with E-state index in [2.05, 4.69) is 19.2 Å². The third kappa shape index (κ3) is 2.12. The lowest BCUT2D eigenvalue weighted by atomic mass is 9.99. The van der Waals surface area contributed by atoms with E-state index in [-0.39, 0.29) is 5.60 Å². The summed E-state index contributed by atoms with van der Waals surface area (Å²) in [6.45, 7) is 6.63. The third-order valence-electron chi connectivity index (χ3n) is 3.84. The quantitative estimate of drug-likeness (QED) is 0.696. The summed E-state index contributed by atoms with van der Waals surface area (Å²) in [5.41, 5.74) is 0.212. The van der Waals surface area contributed by atoms with E-state index in [0.29, 0.717) is 6.04 Å². The lowest BCUT2D eigenvalue weighted by Crippen LogP contribution is -2.42. The second kappa shape index (κ2) is 4.19. The predicted molar refractivity (Wildman–Crippen MR) is 58.4 cm³/mol. The average molecular weight is 197 g/mol. The fraction of sp³-hybridized carbons (Fsp3) is 1.00. The van der Waals surface area contributed by atoms with E-state index < -0.39 is 0 Å². The maximum Gasteiger partial charge on any atom is 0.0806 e. The second-order valence-electron chi connectivity index (χ2n) is 5.26. The molecule has 1 N–H and O–H groups in total. The summed E-state index contributed by atoms with van der Waals surface area (Å²) in [5, 5.41) is 3.69. The van der Waals surface area contributed by atoms with Crippen molar-refractivity contribution in [1.29, 1.82) is 0 Å². The highest BCUT2D eigenvalue weighted by molar-refractivity contribution is 4.92. The maximum atomic E-state index is 6.07. The zero-order valence-corrected chi connectivity index (χ0v) is 9.51. The molecule has 1 heterocycles. The minimum Gasteiger partial charge on any atom is -0.374 e. The van der Waals surface area contributed by atoms with E-state index >= 15 is 0 Å². The van der Waals surface area contributed by atoms with E-state index in [1.165, 1.54) is 32.1 Å². The van der Waals surface area contributed by atoms with Gasteiger partial charge in [-0.05, 0) is 25.2 Å². The molecule has 0 bridgehead atoms. The van der Waals surface area contributed by atoms with Crippen molar-refractivity contribution in [2.24, 2.45) is 5.92 Å². The largest absolute Gasteiger partial charge is 0.374 e. The van der Waals surface area contributed by atoms with Crippen LogP contribution in [0.15, 0.2) is 0 Å². The van der Waals surface area contributed by atoms with E-state index in [4.69, 9.17) is 4.74 Å². The van der Waals surface area contributed by atoms with Gasteiger partial charge in [0.2, 0.25) is 0 Å². The topological polar surface area (TPSA) is 21.3 Å². The Morgan fingerprint density at radius 2 is 2.00 bits per heavy atom. The number of hydrogen-bond acceptors (Lipinski definition) is 2. The number of nitrogens with one attached hydrogen (secondary N) is 1. The van der Waals surface area contributed by atoms with Gasteiger partial charge in [0, 0.05) is 19.2 Å². The van der Waals surface area contributed by atoms with Crippen LogP contribution in [-0.2, 0) is 4.74 Å². The van der Waals surface area contributed by atoms with Crippen LogP contribution < -0.4 is 5.32 Å². The van der Waals surface area contributed by atoms with Gasteiger partial charge in [0.25, 0.3) is 0 Å². The van der Waals surface area contributed by atoms with Crippen molar-refractivity contribution >= 4 is 0 Å². The minimum absolute atomic E-state index is 0.212. The number of ether oxygens (including phenoxy) is 1. The van der Waals surface area contributed by atoms with Gasteiger partial charge in [-0.3, -0.25) is 0 Å². The van der Waals surface area contributed by atoms with Gasteiger partial charge < -0.3 is 10.1 Å². The van der Waals surface area contributed by atoms with Crippen molar-refractivity contribution in [3.63, 3.8) is 0 Å². The third-order valence-corrected chi connectivity index (χ3v) is 3.84. The van der Waals surface area contributed by atoms with Crippen molar-refractivity contribution in [2.45, 2.75) is 57.6 Å². The Morgan fingerprint density at radius 1 is 1.29 bits per heavy atom. The maximum absolute atomic E-state index is 6.07. The molecule has 82 valence electrons. The summed E-state index contributed by atoms with van der Waals surface area (Å²) >= 11 is 0. The van der Waals surface area contributed by atoms with Crippen LogP contribution in [0.3, 0.4) is 0 Å². The standard InChI is InChI=1S/C12H23NO/c1-10(2)11-5-8-14-12(9-13-11)6-3-4-7-12/h10-11,13H,3-9H2,1-2H3. The SMILES string of the molecule is CC(C)C1CCOC2(CCCC2)CN1. The molecule has 1 atom stereocenters. The normalized spacial score (nSPS) is 32.4. The van der Waals surface area contributed by atoms with Crippen molar-refractivity contribution < 1.29 is 4.74 Å². The van der Waals surface area contributed by atoms with E-state index in [1.54, 1.807) is 0 Å². The van der Waals surface area contributed by atoms with Gasteiger partial charge >= 0.3 is 0 Å². The summed E-state index contributed by atoms with van der Waals surface area (Å²) < 4.78 is 6.07. The zero-order valence-electron chi connectivity index (χ0n) is 9.51. The monoisotopic (exact) mass is 197 g/mol. The van der Waals surface area contributed by atoms with Gasteiger partial charge in [0.05, 0.1) is 5.60 Å². The van der Waals surface area contributed by atoms with Gasteiger partial charge in [-0.2, -0.15) is 0 Å². The van der Waals surface area contributed by atoms with Gasteiger partial charge in [0.1, 0.15) is 0 Å². The van der Waals surface area contributed by atoms with Crippen LogP contribution in [0.2, 0.25) is 0 Å². The van der Waals surface area contributed by atoms with Gasteiger partial charge in [-0.15, -0.1) is 0 Å². The van der Waals surface area contributed by atoms with E-state index in [0.717, 1.165) is 19.1 Å². The molecule has 2 fully saturated rings. The fourth-order valence-corrected chi connectivity index (χ4v) is 2.78. The Morgan fingerprint density at radius 3 is 2.64 bits per heavy atom. The predicted octanol–water partition coefficient (Wildman–Crippen LogP) is 2.33. The number of rotatable bonds is 1. The summed E-state index contributed by atoms with van der Waals surface area (Å²) in [6, 6.07) is 0.662. The first-order valence-electron chi connectivity index (χ1n) is 6.09. The van der Waals surface area contributed by atoms with Crippen molar-refractivity contribution in [2.75, 3.05) is 13.2 Å². The molecule has 0 aromatic heterocycles. The average Bonchev–Trinajstić information content (AvgIpc) is 2.47. The Kier molecular flexibility index (Phi) is 3.13. The minimum atomic E-state index is 0.212. The van der Waals surface area contributed by atoms with E-state index in [9.17, 15) is 0 Å². The molecular weight excluding hydrogens is 174 g/mol. The molecule has 0 aromatic carbocycles. The summed E-state index contributed by atoms with van der Waals surface area (Å²) in [6.07, 6.45) is 6.43. The van der Waals surface area contributed by atoms with E-state index in [1.807, 2.05) is 0 Å². The first-order valence-corrected chi connectivity index (χ1v) is 6.09. The molecule has 1 saturated heterocycles. The summed E-state index contributed by atoms with van der Waals surface area (Å²) in [7, 11) is 0. The van der Waals surface area contributed by atoms with Crippen molar-refractivity contribution in [3.8, 4) is 0 Å². The van der Waals surface area contributed by atoms with Gasteiger partial charge in [-0.25, -0.2) is 0 Å². The summed E-state index contributed by atoms with van der Waals surface area (Å²) in [5.74, 6) is 0.732. The molecule has 1 aliphatic carbocycles. The zero-order chi connectivity index (χ0) is 10.0. The molecular formula is C12H23NO. The molecule has 2 rings (SSSR count). The van der Waals surface area contributed by atoms with Crippen LogP contribution in [0.25, 0.3) is 0 Å². The molecule has 1 spiro atoms. The lowest BCUT2D eigenvalue weighted by Gasteiger charge is -2.28. The van der Waals surface area contributed by atoms with Crippen LogP contribution in [0.4, 0.5) is 0 Å². The lowest BCUT2D eigenvalue weighted by molar-refractivity contribution is -0.0277. The van der Waals surface area contributed by atoms with Crippen LogP contribution in [0.1, 0.15) is 46.0 Å². The molecule has 2 heteroatoms. The molecule has 2 aliphatic rings. The molecule has 1 unspecified atom stereocenters. The Labute approximate surface area is 87.4 Å². The smallest absolute Gasteiger partial charge is 0.0806 e. The Bertz CT molecular complexity index is 185. The van der Waals surface area contributed by atoms with Crippen LogP contribution in [0.5, 0.6) is 0 Å². The molecule has 0 amide bonds. The molecule has 0 aromatic rings. The first-order chi connectivity index (χ1) is 6.72. The van der Waals surface area contributed by atoms with Crippen molar-refractivity contribution in [1.82, 2.24) is 5.32 Å². The fourth-order valence-electron chi connectivity index (χ4n) is 2.78. The highest BCUT2D eigenvalue weighted by atomic mass is 16.5.